The summed E-state index contributed by atoms with van der Waals surface area (Å²) in [6.45, 7) is 2.19. The number of nitro groups is 1. The Labute approximate surface area is 160 Å². The Morgan fingerprint density at radius 2 is 1.96 bits per heavy atom. The maximum absolute atomic E-state index is 12.1. The average Bonchev–Trinajstić information content (AvgIpc) is 2.61. The van der Waals surface area contributed by atoms with Crippen molar-refractivity contribution in [1.82, 2.24) is 5.32 Å². The molecule has 1 amide bonds. The van der Waals surface area contributed by atoms with E-state index in [4.69, 9.17) is 27.9 Å². The molecule has 0 spiro atoms. The van der Waals surface area contributed by atoms with Gasteiger partial charge in [-0.05, 0) is 31.2 Å². The summed E-state index contributed by atoms with van der Waals surface area (Å²) >= 11 is 11.8. The van der Waals surface area contributed by atoms with E-state index in [-0.39, 0.29) is 18.1 Å². The van der Waals surface area contributed by atoms with E-state index in [2.05, 4.69) is 10.6 Å². The molecule has 0 bridgehead atoms. The first-order valence-corrected chi connectivity index (χ1v) is 8.51. The number of nitrogens with zero attached hydrogens (tertiary/aromatic N) is 1. The number of carbonyl (C=O) groups is 1. The second-order valence-corrected chi connectivity index (χ2v) is 6.17. The molecule has 26 heavy (non-hydrogen) atoms. The van der Waals surface area contributed by atoms with Gasteiger partial charge in [0.15, 0.2) is 6.10 Å². The van der Waals surface area contributed by atoms with Crippen LogP contribution in [0, 0.1) is 10.1 Å². The van der Waals surface area contributed by atoms with Gasteiger partial charge in [-0.25, -0.2) is 0 Å². The number of hydrogen-bond donors (Lipinski definition) is 2. The molecule has 1 atom stereocenters. The number of anilines is 1. The van der Waals surface area contributed by atoms with Crippen molar-refractivity contribution in [1.29, 1.82) is 0 Å². The molecule has 7 nitrogen and oxygen atoms in total. The maximum atomic E-state index is 12.1. The third-order valence-electron chi connectivity index (χ3n) is 3.41. The minimum atomic E-state index is -0.764. The van der Waals surface area contributed by atoms with Crippen LogP contribution in [0.5, 0.6) is 5.75 Å². The molecule has 138 valence electrons. The van der Waals surface area contributed by atoms with E-state index in [0.717, 1.165) is 0 Å². The van der Waals surface area contributed by atoms with Crippen LogP contribution in [0.2, 0.25) is 10.0 Å². The van der Waals surface area contributed by atoms with Crippen LogP contribution in [0.3, 0.4) is 0 Å². The van der Waals surface area contributed by atoms with Gasteiger partial charge in [-0.1, -0.05) is 35.3 Å². The van der Waals surface area contributed by atoms with Crippen LogP contribution in [0.25, 0.3) is 0 Å². The molecule has 2 aromatic rings. The summed E-state index contributed by atoms with van der Waals surface area (Å²) in [5, 5.41) is 17.3. The van der Waals surface area contributed by atoms with E-state index in [1.165, 1.54) is 12.1 Å². The molecule has 0 fully saturated rings. The van der Waals surface area contributed by atoms with Crippen LogP contribution in [-0.2, 0) is 4.79 Å². The third kappa shape index (κ3) is 5.50. The predicted molar refractivity (Wildman–Crippen MR) is 101 cm³/mol. The molecule has 0 heterocycles. The quantitative estimate of drug-likeness (QED) is 0.400. The van der Waals surface area contributed by atoms with Crippen LogP contribution < -0.4 is 15.4 Å². The van der Waals surface area contributed by atoms with E-state index < -0.39 is 11.0 Å². The molecule has 2 N–H and O–H groups in total. The normalized spacial score (nSPS) is 11.5. The standard InChI is InChI=1S/C17H17Cl2N3O4/c1-11(26-16-7-6-12(18)10-13(16)19)17(23)21-9-8-20-14-4-2-3-5-15(14)22(24)25/h2-7,10-11,20H,8-9H2,1H3,(H,21,23)/t11-/m1/s1. The Kier molecular flexibility index (Phi) is 7.06. The smallest absolute Gasteiger partial charge is 0.292 e. The minimum Gasteiger partial charge on any atom is -0.479 e. The Balaban J connectivity index is 1.80. The summed E-state index contributed by atoms with van der Waals surface area (Å²) < 4.78 is 5.52. The molecule has 2 aromatic carbocycles. The van der Waals surface area contributed by atoms with Gasteiger partial charge >= 0.3 is 0 Å². The zero-order chi connectivity index (χ0) is 19.1. The molecule has 2 rings (SSSR count). The Morgan fingerprint density at radius 1 is 1.23 bits per heavy atom. The van der Waals surface area contributed by atoms with E-state index >= 15 is 0 Å². The van der Waals surface area contributed by atoms with Crippen LogP contribution in [-0.4, -0.2) is 30.0 Å². The number of hydrogen-bond acceptors (Lipinski definition) is 5. The van der Waals surface area contributed by atoms with Crippen LogP contribution >= 0.6 is 23.2 Å². The number of carbonyl (C=O) groups excluding carboxylic acids is 1. The predicted octanol–water partition coefficient (Wildman–Crippen LogP) is 3.90. The molecular weight excluding hydrogens is 381 g/mol. The molecular formula is C17H17Cl2N3O4. The molecule has 9 heteroatoms. The third-order valence-corrected chi connectivity index (χ3v) is 3.94. The fourth-order valence-electron chi connectivity index (χ4n) is 2.12. The molecule has 0 saturated carbocycles. The van der Waals surface area contributed by atoms with Crippen LogP contribution in [0.1, 0.15) is 6.92 Å². The molecule has 0 unspecified atom stereocenters. The van der Waals surface area contributed by atoms with Gasteiger partial charge in [0.25, 0.3) is 11.6 Å². The monoisotopic (exact) mass is 397 g/mol. The van der Waals surface area contributed by atoms with Gasteiger partial charge in [0, 0.05) is 24.2 Å². The number of ether oxygens (including phenoxy) is 1. The van der Waals surface area contributed by atoms with Gasteiger partial charge < -0.3 is 15.4 Å². The minimum absolute atomic E-state index is 0.0205. The lowest BCUT2D eigenvalue weighted by molar-refractivity contribution is -0.384. The van der Waals surface area contributed by atoms with E-state index in [0.29, 0.717) is 28.0 Å². The summed E-state index contributed by atoms with van der Waals surface area (Å²) in [7, 11) is 0. The van der Waals surface area contributed by atoms with Crippen molar-refractivity contribution in [3.63, 3.8) is 0 Å². The second kappa shape index (κ2) is 9.26. The number of benzene rings is 2. The second-order valence-electron chi connectivity index (χ2n) is 5.33. The highest BCUT2D eigenvalue weighted by Crippen LogP contribution is 2.28. The van der Waals surface area contributed by atoms with E-state index in [1.807, 2.05) is 0 Å². The van der Waals surface area contributed by atoms with Crippen molar-refractivity contribution in [2.75, 3.05) is 18.4 Å². The Morgan fingerprint density at radius 3 is 2.65 bits per heavy atom. The van der Waals surface area contributed by atoms with Crippen molar-refractivity contribution in [3.8, 4) is 5.75 Å². The fourth-order valence-corrected chi connectivity index (χ4v) is 2.58. The van der Waals surface area contributed by atoms with Gasteiger partial charge in [0.1, 0.15) is 11.4 Å². The first-order valence-electron chi connectivity index (χ1n) is 7.75. The lowest BCUT2D eigenvalue weighted by Gasteiger charge is -2.16. The van der Waals surface area contributed by atoms with E-state index in [1.54, 1.807) is 37.3 Å². The number of nitrogens with one attached hydrogen (secondary N) is 2. The topological polar surface area (TPSA) is 93.5 Å². The molecule has 0 radical (unpaired) electrons. The molecule has 0 aliphatic heterocycles. The van der Waals surface area contributed by atoms with Gasteiger partial charge in [-0.15, -0.1) is 0 Å². The Bertz CT molecular complexity index is 801. The number of amides is 1. The van der Waals surface area contributed by atoms with Crippen LogP contribution in [0.15, 0.2) is 42.5 Å². The van der Waals surface area contributed by atoms with E-state index in [9.17, 15) is 14.9 Å². The Hall–Kier alpha value is -2.51. The fraction of sp³-hybridized carbons (Fsp3) is 0.235. The highest BCUT2D eigenvalue weighted by Gasteiger charge is 2.16. The van der Waals surface area contributed by atoms with Gasteiger partial charge in [0.2, 0.25) is 0 Å². The highest BCUT2D eigenvalue weighted by atomic mass is 35.5. The SMILES string of the molecule is C[C@@H](Oc1ccc(Cl)cc1Cl)C(=O)NCCNc1ccccc1[N+](=O)[O-]. The van der Waals surface area contributed by atoms with Gasteiger partial charge in [-0.3, -0.25) is 14.9 Å². The van der Waals surface area contributed by atoms with Crippen molar-refractivity contribution in [3.05, 3.63) is 62.6 Å². The first kappa shape index (κ1) is 19.8. The summed E-state index contributed by atoms with van der Waals surface area (Å²) in [4.78, 5) is 22.5. The summed E-state index contributed by atoms with van der Waals surface area (Å²) in [6.07, 6.45) is -0.764. The molecule has 0 saturated heterocycles. The van der Waals surface area contributed by atoms with Crippen molar-refractivity contribution in [2.45, 2.75) is 13.0 Å². The number of rotatable bonds is 8. The van der Waals surface area contributed by atoms with Crippen molar-refractivity contribution < 1.29 is 14.5 Å². The largest absolute Gasteiger partial charge is 0.479 e. The van der Waals surface area contributed by atoms with Crippen LogP contribution in [0.4, 0.5) is 11.4 Å². The highest BCUT2D eigenvalue weighted by molar-refractivity contribution is 6.35. The molecule has 0 aromatic heterocycles. The zero-order valence-electron chi connectivity index (χ0n) is 13.9. The molecule has 0 aliphatic carbocycles. The number of para-hydroxylation sites is 2. The summed E-state index contributed by atoms with van der Waals surface area (Å²) in [5.74, 6) is 0.0251. The van der Waals surface area contributed by atoms with Gasteiger partial charge in [-0.2, -0.15) is 0 Å². The maximum Gasteiger partial charge on any atom is 0.292 e. The van der Waals surface area contributed by atoms with Gasteiger partial charge in [0.05, 0.1) is 9.95 Å². The van der Waals surface area contributed by atoms with Crippen molar-refractivity contribution >= 4 is 40.5 Å². The average molecular weight is 398 g/mol. The number of halogens is 2. The zero-order valence-corrected chi connectivity index (χ0v) is 15.4. The first-order chi connectivity index (χ1) is 12.4. The summed E-state index contributed by atoms with van der Waals surface area (Å²) in [5.41, 5.74) is 0.372. The lowest BCUT2D eigenvalue weighted by Crippen LogP contribution is -2.38. The van der Waals surface area contributed by atoms with Crippen molar-refractivity contribution in [2.24, 2.45) is 0 Å². The summed E-state index contributed by atoms with van der Waals surface area (Å²) in [6, 6.07) is 11.0. The lowest BCUT2D eigenvalue weighted by atomic mass is 10.2. The molecule has 0 aliphatic rings. The number of nitro benzene ring substituents is 1.